The summed E-state index contributed by atoms with van der Waals surface area (Å²) < 4.78 is 33.8. The molecule has 2 aliphatic rings. The van der Waals surface area contributed by atoms with E-state index in [4.69, 9.17) is 9.88 Å². The van der Waals surface area contributed by atoms with Crippen LogP contribution in [0, 0.1) is 16.7 Å². The third-order valence-electron chi connectivity index (χ3n) is 5.85. The lowest BCUT2D eigenvalue weighted by molar-refractivity contribution is -0.0378. The minimum Gasteiger partial charge on any atom is -0.494 e. The third-order valence-corrected chi connectivity index (χ3v) is 6.55. The molecule has 2 aromatic rings. The zero-order valence-corrected chi connectivity index (χ0v) is 17.2. The number of aromatic nitrogens is 1. The van der Waals surface area contributed by atoms with Gasteiger partial charge in [-0.1, -0.05) is 12.1 Å². The second kappa shape index (κ2) is 7.27. The van der Waals surface area contributed by atoms with Crippen LogP contribution in [-0.4, -0.2) is 48.0 Å². The van der Waals surface area contributed by atoms with Crippen molar-refractivity contribution in [3.8, 4) is 11.8 Å². The fourth-order valence-electron chi connectivity index (χ4n) is 4.62. The minimum atomic E-state index is -2.77. The molecule has 0 amide bonds. The number of nitrogens with two attached hydrogens (primary N) is 1. The monoisotopic (exact) mass is 419 g/mol. The molecule has 1 aromatic heterocycles. The van der Waals surface area contributed by atoms with Gasteiger partial charge in [-0.3, -0.25) is 10.1 Å². The maximum atomic E-state index is 13.4. The molecule has 1 aromatic carbocycles. The Hall–Kier alpha value is -2.15. The highest BCUT2D eigenvalue weighted by Gasteiger charge is 2.55. The number of ether oxygens (including phenoxy) is 1. The van der Waals surface area contributed by atoms with Gasteiger partial charge in [-0.05, 0) is 18.9 Å². The van der Waals surface area contributed by atoms with E-state index in [1.807, 2.05) is 18.2 Å². The molecule has 2 heterocycles. The average molecular weight is 420 g/mol. The van der Waals surface area contributed by atoms with Crippen molar-refractivity contribution in [3.63, 3.8) is 0 Å². The van der Waals surface area contributed by atoms with Crippen LogP contribution < -0.4 is 14.8 Å². The smallest absolute Gasteiger partial charge is 0.258 e. The molecule has 1 aliphatic heterocycles. The number of rotatable bonds is 6. The van der Waals surface area contributed by atoms with Gasteiger partial charge in [0.15, 0.2) is 0 Å². The van der Waals surface area contributed by atoms with E-state index >= 15 is 0 Å². The Bertz CT molecular complexity index is 960. The van der Waals surface area contributed by atoms with E-state index in [0.29, 0.717) is 11.3 Å². The number of pyridine rings is 1. The summed E-state index contributed by atoms with van der Waals surface area (Å²) in [4.78, 5) is 6.59. The Kier molecular flexibility index (Phi) is 5.05. The molecule has 154 valence electrons. The van der Waals surface area contributed by atoms with Crippen LogP contribution in [0.3, 0.4) is 0 Å². The largest absolute Gasteiger partial charge is 0.494 e. The fourth-order valence-corrected chi connectivity index (χ4v) is 5.24. The first kappa shape index (κ1) is 20.1. The molecule has 9 heteroatoms. The van der Waals surface area contributed by atoms with Crippen molar-refractivity contribution in [2.45, 2.75) is 31.7 Å². The fraction of sp³-hybridized carbons (Fsp3) is 0.500. The number of alkyl halides is 2. The third kappa shape index (κ3) is 3.61. The minimum absolute atomic E-state index is 0.0580. The summed E-state index contributed by atoms with van der Waals surface area (Å²) in [5.74, 6) is -2.10. The topological polar surface area (TPSA) is 78.4 Å². The van der Waals surface area contributed by atoms with Gasteiger partial charge in [0.1, 0.15) is 17.3 Å². The predicted octanol–water partition coefficient (Wildman–Crippen LogP) is 3.56. The predicted molar refractivity (Wildman–Crippen MR) is 110 cm³/mol. The number of benzene rings is 1. The van der Waals surface area contributed by atoms with Gasteiger partial charge in [-0.15, -0.1) is 0 Å². The summed E-state index contributed by atoms with van der Waals surface area (Å²) >= 11 is 0.900. The van der Waals surface area contributed by atoms with Gasteiger partial charge < -0.3 is 9.64 Å². The van der Waals surface area contributed by atoms with Gasteiger partial charge in [0, 0.05) is 55.2 Å². The van der Waals surface area contributed by atoms with Gasteiger partial charge in [-0.25, -0.2) is 13.1 Å². The highest BCUT2D eigenvalue weighted by molar-refractivity contribution is 7.94. The van der Waals surface area contributed by atoms with E-state index in [1.165, 1.54) is 0 Å². The van der Waals surface area contributed by atoms with Crippen LogP contribution in [0.4, 0.5) is 14.5 Å². The molecule has 1 saturated heterocycles. The van der Waals surface area contributed by atoms with Crippen LogP contribution in [0.15, 0.2) is 24.4 Å². The first-order valence-electron chi connectivity index (χ1n) is 9.41. The molecule has 2 fully saturated rings. The molecule has 0 atom stereocenters. The summed E-state index contributed by atoms with van der Waals surface area (Å²) in [7, 11) is 1.60. The molecular weight excluding hydrogens is 396 g/mol. The average Bonchev–Trinajstić information content (AvgIpc) is 2.63. The standard InChI is InChI=1S/C20H23F2N5OS/c1-19(21,22)10-27(29-24)14-6-20(7-14)11-26(12-20)18-13(8-23)9-25-17-15(18)4-3-5-16(17)28-2/h3-5,9,14H,6-7,10-12,24H2,1-2H3. The molecule has 0 bridgehead atoms. The summed E-state index contributed by atoms with van der Waals surface area (Å²) in [5, 5.41) is 16.1. The van der Waals surface area contributed by atoms with E-state index in [9.17, 15) is 14.0 Å². The first-order chi connectivity index (χ1) is 13.8. The highest BCUT2D eigenvalue weighted by atomic mass is 32.2. The zero-order valence-electron chi connectivity index (χ0n) is 16.4. The van der Waals surface area contributed by atoms with E-state index in [1.54, 1.807) is 17.6 Å². The quantitative estimate of drug-likeness (QED) is 0.717. The maximum Gasteiger partial charge on any atom is 0.258 e. The van der Waals surface area contributed by atoms with Gasteiger partial charge in [0.25, 0.3) is 5.92 Å². The lowest BCUT2D eigenvalue weighted by atomic mass is 9.60. The maximum absolute atomic E-state index is 13.4. The van der Waals surface area contributed by atoms with Crippen molar-refractivity contribution in [2.24, 2.45) is 10.6 Å². The zero-order chi connectivity index (χ0) is 20.8. The number of nitriles is 1. The first-order valence-corrected chi connectivity index (χ1v) is 10.2. The Morgan fingerprint density at radius 2 is 2.17 bits per heavy atom. The van der Waals surface area contributed by atoms with E-state index in [2.05, 4.69) is 16.0 Å². The van der Waals surface area contributed by atoms with Crippen molar-refractivity contribution >= 4 is 28.7 Å². The summed E-state index contributed by atoms with van der Waals surface area (Å²) in [5.41, 5.74) is 2.23. The lowest BCUT2D eigenvalue weighted by Crippen LogP contribution is -2.66. The number of hydrogen-bond donors (Lipinski definition) is 1. The van der Waals surface area contributed by atoms with Crippen LogP contribution >= 0.6 is 12.1 Å². The lowest BCUT2D eigenvalue weighted by Gasteiger charge is -2.61. The Morgan fingerprint density at radius 1 is 1.45 bits per heavy atom. The van der Waals surface area contributed by atoms with Crippen molar-refractivity contribution in [1.29, 1.82) is 5.26 Å². The number of nitrogens with zero attached hydrogens (tertiary/aromatic N) is 4. The van der Waals surface area contributed by atoms with Crippen LogP contribution in [0.25, 0.3) is 10.9 Å². The number of halogens is 2. The van der Waals surface area contributed by atoms with Crippen LogP contribution in [0.5, 0.6) is 5.75 Å². The number of fused-ring (bicyclic) bond motifs is 1. The molecule has 0 radical (unpaired) electrons. The molecular formula is C20H23F2N5OS. The molecule has 0 unspecified atom stereocenters. The second-order valence-electron chi connectivity index (χ2n) is 8.16. The van der Waals surface area contributed by atoms with E-state index in [0.717, 1.165) is 61.6 Å². The van der Waals surface area contributed by atoms with Gasteiger partial charge >= 0.3 is 0 Å². The van der Waals surface area contributed by atoms with E-state index < -0.39 is 5.92 Å². The normalized spacial score (nSPS) is 18.6. The van der Waals surface area contributed by atoms with Gasteiger partial charge in [-0.2, -0.15) is 5.26 Å². The number of anilines is 1. The summed E-state index contributed by atoms with van der Waals surface area (Å²) in [6, 6.07) is 7.99. The van der Waals surface area contributed by atoms with E-state index in [-0.39, 0.29) is 18.0 Å². The molecule has 4 rings (SSSR count). The molecule has 2 N–H and O–H groups in total. The molecule has 29 heavy (non-hydrogen) atoms. The Morgan fingerprint density at radius 3 is 2.76 bits per heavy atom. The summed E-state index contributed by atoms with van der Waals surface area (Å²) in [6.07, 6.45) is 3.25. The van der Waals surface area contributed by atoms with Crippen molar-refractivity contribution in [1.82, 2.24) is 9.29 Å². The Balaban J connectivity index is 1.51. The van der Waals surface area contributed by atoms with Crippen molar-refractivity contribution in [2.75, 3.05) is 31.6 Å². The number of hydrogen-bond acceptors (Lipinski definition) is 7. The molecule has 1 spiro atoms. The highest BCUT2D eigenvalue weighted by Crippen LogP contribution is 2.53. The van der Waals surface area contributed by atoms with Crippen molar-refractivity contribution in [3.05, 3.63) is 30.0 Å². The second-order valence-corrected chi connectivity index (χ2v) is 8.84. The van der Waals surface area contributed by atoms with Gasteiger partial charge in [0.2, 0.25) is 0 Å². The SMILES string of the molecule is COc1cccc2c(N3CC4(CC(N(CC(C)(F)F)SN)C4)C3)c(C#N)cnc12. The van der Waals surface area contributed by atoms with Crippen molar-refractivity contribution < 1.29 is 13.5 Å². The molecule has 6 nitrogen and oxygen atoms in total. The number of methoxy groups -OCH3 is 1. The summed E-state index contributed by atoms with van der Waals surface area (Å²) in [6.45, 7) is 2.16. The van der Waals surface area contributed by atoms with Crippen LogP contribution in [0.2, 0.25) is 0 Å². The number of para-hydroxylation sites is 1. The molecule has 1 aliphatic carbocycles. The van der Waals surface area contributed by atoms with Crippen LogP contribution in [0.1, 0.15) is 25.3 Å². The van der Waals surface area contributed by atoms with Crippen LogP contribution in [-0.2, 0) is 0 Å². The van der Waals surface area contributed by atoms with Gasteiger partial charge in [0.05, 0.1) is 24.9 Å². The molecule has 1 saturated carbocycles. The Labute approximate surface area is 172 Å².